The van der Waals surface area contributed by atoms with E-state index in [-0.39, 0.29) is 6.04 Å². The summed E-state index contributed by atoms with van der Waals surface area (Å²) in [5.74, 6) is 0.511. The van der Waals surface area contributed by atoms with Crippen molar-refractivity contribution < 1.29 is 19.4 Å². The largest absolute Gasteiger partial charge is 0.491 e. The smallest absolute Gasteiger partial charge is 0.335 e. The Balaban J connectivity index is 1.45. The van der Waals surface area contributed by atoms with Gasteiger partial charge in [-0.1, -0.05) is 37.5 Å². The molecule has 1 saturated heterocycles. The van der Waals surface area contributed by atoms with Gasteiger partial charge in [-0.25, -0.2) is 4.79 Å². The van der Waals surface area contributed by atoms with E-state index in [1.807, 2.05) is 12.1 Å². The monoisotopic (exact) mass is 517 g/mol. The van der Waals surface area contributed by atoms with Gasteiger partial charge in [-0.15, -0.1) is 0 Å². The van der Waals surface area contributed by atoms with E-state index < -0.39 is 5.97 Å². The van der Waals surface area contributed by atoms with Gasteiger partial charge in [0.25, 0.3) is 0 Å². The lowest BCUT2D eigenvalue weighted by Crippen LogP contribution is -2.46. The highest BCUT2D eigenvalue weighted by atomic mass is 16.5. The Hall–Kier alpha value is -2.87. The zero-order valence-electron chi connectivity index (χ0n) is 22.4. The van der Waals surface area contributed by atoms with E-state index in [0.29, 0.717) is 18.1 Å². The van der Waals surface area contributed by atoms with E-state index in [4.69, 9.17) is 9.47 Å². The molecule has 1 N–H and O–H groups in total. The molecule has 1 aromatic heterocycles. The number of carboxylic acid groups (broad SMARTS) is 1. The molecule has 0 amide bonds. The van der Waals surface area contributed by atoms with Gasteiger partial charge in [0.05, 0.1) is 30.5 Å². The van der Waals surface area contributed by atoms with Gasteiger partial charge in [-0.2, -0.15) is 0 Å². The second kappa shape index (κ2) is 11.1. The van der Waals surface area contributed by atoms with Crippen LogP contribution in [0.5, 0.6) is 5.75 Å². The highest BCUT2D eigenvalue weighted by Crippen LogP contribution is 2.47. The topological polar surface area (TPSA) is 67.2 Å². The van der Waals surface area contributed by atoms with E-state index in [0.717, 1.165) is 62.8 Å². The molecule has 1 saturated carbocycles. The number of hydrogen-bond acceptors (Lipinski definition) is 5. The molecule has 202 valence electrons. The zero-order valence-corrected chi connectivity index (χ0v) is 22.4. The first-order valence-electron chi connectivity index (χ1n) is 14.2. The van der Waals surface area contributed by atoms with Crippen LogP contribution in [0.15, 0.2) is 42.5 Å². The minimum Gasteiger partial charge on any atom is -0.491 e. The van der Waals surface area contributed by atoms with Gasteiger partial charge in [0.1, 0.15) is 12.4 Å². The Morgan fingerprint density at radius 3 is 2.66 bits per heavy atom. The van der Waals surface area contributed by atoms with E-state index in [1.165, 1.54) is 48.7 Å². The Bertz CT molecular complexity index is 1290. The Labute approximate surface area is 224 Å². The number of morpholine rings is 1. The van der Waals surface area contributed by atoms with Crippen molar-refractivity contribution in [1.29, 1.82) is 0 Å². The Morgan fingerprint density at radius 1 is 1.08 bits per heavy atom. The summed E-state index contributed by atoms with van der Waals surface area (Å²) >= 11 is 0. The van der Waals surface area contributed by atoms with Gasteiger partial charge in [0, 0.05) is 49.2 Å². The molecule has 3 heterocycles. The number of likely N-dealkylation sites (N-methyl/N-ethyl adjacent to an activating group) is 1. The van der Waals surface area contributed by atoms with Crippen molar-refractivity contribution in [3.8, 4) is 17.0 Å². The third-order valence-electron chi connectivity index (χ3n) is 8.83. The van der Waals surface area contributed by atoms with Crippen LogP contribution in [-0.2, 0) is 11.3 Å². The summed E-state index contributed by atoms with van der Waals surface area (Å²) in [7, 11) is 2.19. The SMILES string of the molecule is CN(CCN1CCOCC1)C1COc2ccccc2-c2c(C3CCCCC3)c3ccc(C(=O)O)cc3n2C1. The van der Waals surface area contributed by atoms with Crippen LogP contribution in [0.2, 0.25) is 0 Å². The van der Waals surface area contributed by atoms with Crippen molar-refractivity contribution in [3.63, 3.8) is 0 Å². The lowest BCUT2D eigenvalue weighted by molar-refractivity contribution is 0.0304. The van der Waals surface area contributed by atoms with E-state index >= 15 is 0 Å². The van der Waals surface area contributed by atoms with Crippen molar-refractivity contribution in [2.24, 2.45) is 0 Å². The molecular formula is C31H39N3O4. The molecule has 1 atom stereocenters. The summed E-state index contributed by atoms with van der Waals surface area (Å²) in [5.41, 5.74) is 5.09. The van der Waals surface area contributed by atoms with Crippen molar-refractivity contribution in [1.82, 2.24) is 14.4 Å². The molecule has 3 aromatic rings. The molecule has 1 aliphatic carbocycles. The molecule has 3 aliphatic rings. The number of nitrogens with zero attached hydrogens (tertiary/aromatic N) is 3. The van der Waals surface area contributed by atoms with Crippen LogP contribution in [0, 0.1) is 0 Å². The van der Waals surface area contributed by atoms with Gasteiger partial charge in [0.15, 0.2) is 0 Å². The molecular weight excluding hydrogens is 478 g/mol. The van der Waals surface area contributed by atoms with Gasteiger partial charge >= 0.3 is 5.97 Å². The number of carboxylic acids is 1. The average molecular weight is 518 g/mol. The zero-order chi connectivity index (χ0) is 26.1. The fourth-order valence-electron chi connectivity index (χ4n) is 6.60. The number of aromatic nitrogens is 1. The van der Waals surface area contributed by atoms with E-state index in [9.17, 15) is 9.90 Å². The van der Waals surface area contributed by atoms with Crippen LogP contribution in [0.3, 0.4) is 0 Å². The summed E-state index contributed by atoms with van der Waals surface area (Å²) < 4.78 is 14.5. The van der Waals surface area contributed by atoms with Crippen LogP contribution in [0.25, 0.3) is 22.2 Å². The maximum atomic E-state index is 12.0. The first-order valence-corrected chi connectivity index (χ1v) is 14.2. The predicted molar refractivity (Wildman–Crippen MR) is 149 cm³/mol. The fraction of sp³-hybridized carbons (Fsp3) is 0.516. The molecule has 7 nitrogen and oxygen atoms in total. The number of rotatable bonds is 6. The van der Waals surface area contributed by atoms with Gasteiger partial charge in [-0.3, -0.25) is 9.80 Å². The maximum absolute atomic E-state index is 12.0. The molecule has 7 heteroatoms. The van der Waals surface area contributed by atoms with Gasteiger partial charge in [-0.05, 0) is 55.6 Å². The van der Waals surface area contributed by atoms with Crippen molar-refractivity contribution in [2.75, 3.05) is 53.0 Å². The molecule has 38 heavy (non-hydrogen) atoms. The molecule has 6 rings (SSSR count). The van der Waals surface area contributed by atoms with Gasteiger partial charge < -0.3 is 19.1 Å². The summed E-state index contributed by atoms with van der Waals surface area (Å²) in [4.78, 5) is 16.9. The number of benzene rings is 2. The average Bonchev–Trinajstić information content (AvgIpc) is 3.26. The highest BCUT2D eigenvalue weighted by Gasteiger charge is 2.31. The standard InChI is InChI=1S/C31H39N3O4/c1-32(13-14-33-15-17-37-18-16-33)24-20-34-27-19-23(31(35)36)11-12-25(27)29(22-7-3-2-4-8-22)30(34)26-9-5-6-10-28(26)38-21-24/h5-6,9-12,19,22,24H,2-4,7-8,13-18,20-21H2,1H3,(H,35,36). The molecule has 0 spiro atoms. The maximum Gasteiger partial charge on any atom is 0.335 e. The third kappa shape index (κ3) is 4.95. The summed E-state index contributed by atoms with van der Waals surface area (Å²) in [6.45, 7) is 6.88. The summed E-state index contributed by atoms with van der Waals surface area (Å²) in [6.07, 6.45) is 6.14. The molecule has 0 radical (unpaired) electrons. The summed E-state index contributed by atoms with van der Waals surface area (Å²) in [6, 6.07) is 14.3. The highest BCUT2D eigenvalue weighted by molar-refractivity contribution is 5.98. The molecule has 0 bridgehead atoms. The lowest BCUT2D eigenvalue weighted by atomic mass is 9.81. The van der Waals surface area contributed by atoms with Crippen LogP contribution in [0.1, 0.15) is 53.9 Å². The number of fused-ring (bicyclic) bond motifs is 5. The lowest BCUT2D eigenvalue weighted by Gasteiger charge is -2.34. The predicted octanol–water partition coefficient (Wildman–Crippen LogP) is 5.08. The molecule has 2 aliphatic heterocycles. The first-order chi connectivity index (χ1) is 18.6. The van der Waals surface area contributed by atoms with E-state index in [1.54, 1.807) is 6.07 Å². The van der Waals surface area contributed by atoms with E-state index in [2.05, 4.69) is 45.7 Å². The van der Waals surface area contributed by atoms with Crippen LogP contribution < -0.4 is 4.74 Å². The molecule has 2 aromatic carbocycles. The molecule has 1 unspecified atom stereocenters. The number of aromatic carboxylic acids is 1. The second-order valence-electron chi connectivity index (χ2n) is 11.1. The van der Waals surface area contributed by atoms with Crippen LogP contribution in [0.4, 0.5) is 0 Å². The second-order valence-corrected chi connectivity index (χ2v) is 11.1. The van der Waals surface area contributed by atoms with Gasteiger partial charge in [0.2, 0.25) is 0 Å². The van der Waals surface area contributed by atoms with Crippen LogP contribution in [-0.4, -0.2) is 84.5 Å². The molecule has 2 fully saturated rings. The number of ether oxygens (including phenoxy) is 2. The Kier molecular flexibility index (Phi) is 7.41. The minimum atomic E-state index is -0.879. The first kappa shape index (κ1) is 25.4. The summed E-state index contributed by atoms with van der Waals surface area (Å²) in [5, 5.41) is 11.0. The quantitative estimate of drug-likeness (QED) is 0.492. The van der Waals surface area contributed by atoms with Crippen molar-refractivity contribution >= 4 is 16.9 Å². The minimum absolute atomic E-state index is 0.159. The number of hydrogen-bond donors (Lipinski definition) is 1. The third-order valence-corrected chi connectivity index (χ3v) is 8.83. The number of carbonyl (C=O) groups is 1. The number of para-hydroxylation sites is 1. The van der Waals surface area contributed by atoms with Crippen molar-refractivity contribution in [3.05, 3.63) is 53.6 Å². The van der Waals surface area contributed by atoms with Crippen LogP contribution >= 0.6 is 0 Å². The van der Waals surface area contributed by atoms with Crippen molar-refractivity contribution in [2.45, 2.75) is 50.6 Å². The normalized spacial score (nSPS) is 20.9. The Morgan fingerprint density at radius 2 is 1.87 bits per heavy atom. The fourth-order valence-corrected chi connectivity index (χ4v) is 6.60.